The van der Waals surface area contributed by atoms with E-state index in [9.17, 15) is 14.4 Å². The van der Waals surface area contributed by atoms with Gasteiger partial charge in [-0.25, -0.2) is 9.48 Å². The first-order valence-corrected chi connectivity index (χ1v) is 9.69. The van der Waals surface area contributed by atoms with Crippen molar-refractivity contribution in [3.63, 3.8) is 0 Å². The Bertz CT molecular complexity index is 1250. The van der Waals surface area contributed by atoms with Gasteiger partial charge in [0.25, 0.3) is 11.5 Å². The second kappa shape index (κ2) is 10.7. The van der Waals surface area contributed by atoms with Gasteiger partial charge in [-0.05, 0) is 42.5 Å². The third-order valence-corrected chi connectivity index (χ3v) is 4.36. The van der Waals surface area contributed by atoms with E-state index in [0.717, 1.165) is 0 Å². The zero-order valence-corrected chi connectivity index (χ0v) is 17.6. The van der Waals surface area contributed by atoms with Gasteiger partial charge in [-0.15, -0.1) is 0 Å². The summed E-state index contributed by atoms with van der Waals surface area (Å²) in [5.41, 5.74) is 2.07. The number of nitrogens with zero attached hydrogens (tertiary/aromatic N) is 2. The van der Waals surface area contributed by atoms with Crippen LogP contribution in [0.4, 0.5) is 5.69 Å². The number of methoxy groups -OCH3 is 2. The number of ether oxygens (including phenoxy) is 2. The molecule has 0 fully saturated rings. The average molecular weight is 431 g/mol. The molecule has 1 aromatic heterocycles. The summed E-state index contributed by atoms with van der Waals surface area (Å²) in [5, 5.41) is 6.83. The van der Waals surface area contributed by atoms with Crippen LogP contribution in [0.3, 0.4) is 0 Å². The molecule has 0 unspecified atom stereocenters. The van der Waals surface area contributed by atoms with E-state index in [1.165, 1.54) is 31.0 Å². The highest BCUT2D eigenvalue weighted by molar-refractivity contribution is 6.02. The molecule has 0 radical (unpaired) electrons. The SMILES string of the molecule is COCCn1nc(C(=O)Nc2cccc(C#Cc3cccc(C(=O)OC)c3)c2)ccc1=O. The summed E-state index contributed by atoms with van der Waals surface area (Å²) in [6.45, 7) is 0.555. The summed E-state index contributed by atoms with van der Waals surface area (Å²) in [6.07, 6.45) is 0. The van der Waals surface area contributed by atoms with E-state index in [0.29, 0.717) is 29.0 Å². The van der Waals surface area contributed by atoms with Crippen LogP contribution in [-0.4, -0.2) is 42.5 Å². The van der Waals surface area contributed by atoms with Crippen LogP contribution in [0.25, 0.3) is 0 Å². The van der Waals surface area contributed by atoms with E-state index < -0.39 is 11.9 Å². The number of esters is 1. The van der Waals surface area contributed by atoms with Gasteiger partial charge in [0.2, 0.25) is 0 Å². The summed E-state index contributed by atoms with van der Waals surface area (Å²) >= 11 is 0. The fourth-order valence-corrected chi connectivity index (χ4v) is 2.76. The van der Waals surface area contributed by atoms with Crippen molar-refractivity contribution >= 4 is 17.6 Å². The van der Waals surface area contributed by atoms with Crippen LogP contribution in [0.2, 0.25) is 0 Å². The van der Waals surface area contributed by atoms with Crippen molar-refractivity contribution < 1.29 is 19.1 Å². The van der Waals surface area contributed by atoms with Gasteiger partial charge in [0.05, 0.1) is 25.8 Å². The molecule has 1 N–H and O–H groups in total. The summed E-state index contributed by atoms with van der Waals surface area (Å²) in [4.78, 5) is 36.1. The number of nitrogens with one attached hydrogen (secondary N) is 1. The van der Waals surface area contributed by atoms with Gasteiger partial charge < -0.3 is 14.8 Å². The van der Waals surface area contributed by atoms with Gasteiger partial charge in [0, 0.05) is 30.0 Å². The largest absolute Gasteiger partial charge is 0.465 e. The molecule has 0 saturated carbocycles. The minimum atomic E-state index is -0.452. The molecule has 8 heteroatoms. The fraction of sp³-hybridized carbons (Fsp3) is 0.167. The van der Waals surface area contributed by atoms with Crippen molar-refractivity contribution in [2.75, 3.05) is 26.1 Å². The molecule has 3 rings (SSSR count). The normalized spacial score (nSPS) is 10.1. The molecule has 0 atom stereocenters. The second-order valence-electron chi connectivity index (χ2n) is 6.63. The molecule has 1 heterocycles. The maximum absolute atomic E-state index is 12.6. The van der Waals surface area contributed by atoms with Gasteiger partial charge in [0.1, 0.15) is 5.69 Å². The minimum absolute atomic E-state index is 0.108. The van der Waals surface area contributed by atoms with Crippen LogP contribution in [0.5, 0.6) is 0 Å². The monoisotopic (exact) mass is 431 g/mol. The summed E-state index contributed by atoms with van der Waals surface area (Å²) in [6, 6.07) is 16.5. The Hall–Kier alpha value is -4.22. The third-order valence-electron chi connectivity index (χ3n) is 4.36. The lowest BCUT2D eigenvalue weighted by Gasteiger charge is -2.08. The molecule has 32 heavy (non-hydrogen) atoms. The molecular weight excluding hydrogens is 410 g/mol. The molecule has 2 aromatic carbocycles. The number of benzene rings is 2. The molecule has 0 aliphatic heterocycles. The summed E-state index contributed by atoms with van der Waals surface area (Å²) < 4.78 is 10.9. The molecule has 8 nitrogen and oxygen atoms in total. The van der Waals surface area contributed by atoms with E-state index in [1.54, 1.807) is 48.5 Å². The quantitative estimate of drug-likeness (QED) is 0.475. The van der Waals surface area contributed by atoms with Crippen molar-refractivity contribution in [1.29, 1.82) is 0 Å². The predicted molar refractivity (Wildman–Crippen MR) is 119 cm³/mol. The Morgan fingerprint density at radius 1 is 1.00 bits per heavy atom. The smallest absolute Gasteiger partial charge is 0.337 e. The lowest BCUT2D eigenvalue weighted by molar-refractivity contribution is 0.0600. The first-order chi connectivity index (χ1) is 15.5. The Labute approximate surface area is 184 Å². The lowest BCUT2D eigenvalue weighted by Crippen LogP contribution is -2.27. The van der Waals surface area contributed by atoms with Gasteiger partial charge in [-0.1, -0.05) is 24.0 Å². The van der Waals surface area contributed by atoms with Gasteiger partial charge in [0.15, 0.2) is 0 Å². The standard InChI is InChI=1S/C24H21N3O5/c1-31-14-13-27-22(28)12-11-21(26-27)23(29)25-20-8-4-6-18(16-20)10-9-17-5-3-7-19(15-17)24(30)32-2/h3-8,11-12,15-16H,13-14H2,1-2H3,(H,25,29). The Kier molecular flexibility index (Phi) is 7.51. The van der Waals surface area contributed by atoms with E-state index >= 15 is 0 Å². The average Bonchev–Trinajstić information content (AvgIpc) is 2.82. The number of aromatic nitrogens is 2. The fourth-order valence-electron chi connectivity index (χ4n) is 2.76. The number of rotatable bonds is 6. The number of hydrogen-bond acceptors (Lipinski definition) is 6. The molecule has 3 aromatic rings. The molecular formula is C24H21N3O5. The zero-order valence-electron chi connectivity index (χ0n) is 17.6. The Balaban J connectivity index is 1.75. The van der Waals surface area contributed by atoms with Crippen molar-refractivity contribution in [2.45, 2.75) is 6.54 Å². The number of hydrogen-bond donors (Lipinski definition) is 1. The topological polar surface area (TPSA) is 99.5 Å². The van der Waals surface area contributed by atoms with Crippen LogP contribution in [0, 0.1) is 11.8 Å². The molecule has 0 aliphatic carbocycles. The van der Waals surface area contributed by atoms with Crippen molar-refractivity contribution in [3.05, 3.63) is 93.4 Å². The highest BCUT2D eigenvalue weighted by Gasteiger charge is 2.10. The van der Waals surface area contributed by atoms with Crippen LogP contribution in [0.15, 0.2) is 65.5 Å². The van der Waals surface area contributed by atoms with Crippen molar-refractivity contribution in [3.8, 4) is 11.8 Å². The van der Waals surface area contributed by atoms with Crippen LogP contribution in [0.1, 0.15) is 32.0 Å². The maximum atomic E-state index is 12.6. The first kappa shape index (κ1) is 22.5. The Morgan fingerprint density at radius 2 is 1.72 bits per heavy atom. The van der Waals surface area contributed by atoms with E-state index in [2.05, 4.69) is 22.3 Å². The second-order valence-corrected chi connectivity index (χ2v) is 6.63. The zero-order chi connectivity index (χ0) is 22.9. The molecule has 0 aliphatic rings. The number of carbonyl (C=O) groups excluding carboxylic acids is 2. The molecule has 162 valence electrons. The number of carbonyl (C=O) groups is 2. The highest BCUT2D eigenvalue weighted by Crippen LogP contribution is 2.12. The molecule has 0 spiro atoms. The van der Waals surface area contributed by atoms with E-state index in [1.807, 2.05) is 0 Å². The highest BCUT2D eigenvalue weighted by atomic mass is 16.5. The predicted octanol–water partition coefficient (Wildman–Crippen LogP) is 2.33. The maximum Gasteiger partial charge on any atom is 0.337 e. The van der Waals surface area contributed by atoms with E-state index in [4.69, 9.17) is 9.47 Å². The first-order valence-electron chi connectivity index (χ1n) is 9.69. The van der Waals surface area contributed by atoms with Gasteiger partial charge >= 0.3 is 5.97 Å². The number of amides is 1. The van der Waals surface area contributed by atoms with Gasteiger partial charge in [-0.2, -0.15) is 5.10 Å². The van der Waals surface area contributed by atoms with Gasteiger partial charge in [-0.3, -0.25) is 9.59 Å². The Morgan fingerprint density at radius 3 is 2.44 bits per heavy atom. The van der Waals surface area contributed by atoms with Crippen LogP contribution < -0.4 is 10.9 Å². The molecule has 0 bridgehead atoms. The third kappa shape index (κ3) is 5.90. The van der Waals surface area contributed by atoms with Crippen molar-refractivity contribution in [2.24, 2.45) is 0 Å². The van der Waals surface area contributed by atoms with Crippen LogP contribution >= 0.6 is 0 Å². The number of anilines is 1. The molecule has 0 saturated heterocycles. The molecule has 1 amide bonds. The van der Waals surface area contributed by atoms with E-state index in [-0.39, 0.29) is 17.8 Å². The lowest BCUT2D eigenvalue weighted by atomic mass is 10.1. The summed E-state index contributed by atoms with van der Waals surface area (Å²) in [7, 11) is 2.84. The van der Waals surface area contributed by atoms with Crippen LogP contribution in [-0.2, 0) is 16.0 Å². The minimum Gasteiger partial charge on any atom is -0.465 e. The summed E-state index contributed by atoms with van der Waals surface area (Å²) in [5.74, 6) is 5.12. The van der Waals surface area contributed by atoms with Crippen molar-refractivity contribution in [1.82, 2.24) is 9.78 Å².